The van der Waals surface area contributed by atoms with Gasteiger partial charge in [-0.25, -0.2) is 0 Å². The lowest BCUT2D eigenvalue weighted by Gasteiger charge is -2.24. The lowest BCUT2D eigenvalue weighted by molar-refractivity contribution is 0.0361. The molecule has 4 unspecified atom stereocenters. The molecule has 2 nitrogen and oxygen atoms in total. The molecule has 1 aromatic carbocycles. The maximum atomic E-state index is 5.84. The van der Waals surface area contributed by atoms with E-state index in [4.69, 9.17) is 17.0 Å². The van der Waals surface area contributed by atoms with Crippen LogP contribution in [0.25, 0.3) is 10.8 Å². The Morgan fingerprint density at radius 2 is 2.09 bits per heavy atom. The number of aromatic nitrogens is 1. The Kier molecular flexibility index (Phi) is 4.88. The van der Waals surface area contributed by atoms with Gasteiger partial charge in [-0.2, -0.15) is 0 Å². The number of aryl methyl sites for hydroxylation is 1. The molecule has 23 heavy (non-hydrogen) atoms. The molecule has 0 bridgehead atoms. The summed E-state index contributed by atoms with van der Waals surface area (Å²) in [6.45, 7) is 6.70. The normalized spacial score (nSPS) is 27.7. The lowest BCUT2D eigenvalue weighted by atomic mass is 9.97. The van der Waals surface area contributed by atoms with Crippen LogP contribution in [0.15, 0.2) is 30.5 Å². The van der Waals surface area contributed by atoms with Crippen LogP contribution in [-0.2, 0) is 4.74 Å². The predicted molar refractivity (Wildman–Crippen MR) is 99.5 cm³/mol. The molecule has 0 spiro atoms. The van der Waals surface area contributed by atoms with Gasteiger partial charge in [0.25, 0.3) is 0 Å². The number of fused-ring (bicyclic) bond motifs is 1. The summed E-state index contributed by atoms with van der Waals surface area (Å²) in [4.78, 5) is 0. The molecular weight excluding hydrogens is 302 g/mol. The minimum absolute atomic E-state index is 0.343. The van der Waals surface area contributed by atoms with Crippen molar-refractivity contribution in [1.29, 1.82) is 0 Å². The minimum atomic E-state index is 0.343. The van der Waals surface area contributed by atoms with Gasteiger partial charge in [-0.3, -0.25) is 0 Å². The predicted octanol–water partition coefficient (Wildman–Crippen LogP) is 5.69. The molecule has 124 valence electrons. The maximum absolute atomic E-state index is 5.84. The molecule has 1 aliphatic rings. The zero-order valence-electron chi connectivity index (χ0n) is 14.6. The Balaban J connectivity index is 2.01. The van der Waals surface area contributed by atoms with Crippen LogP contribution in [0, 0.1) is 23.4 Å². The standard InChI is InChI=1S/C20H27NOS/c1-5-6-16-12-18(14(3)19(16)22-4)21-10-9-15-11-13(2)7-8-17(15)20(21)23/h7-11,14,16,18-19H,5-6,12H2,1-4H3. The van der Waals surface area contributed by atoms with Gasteiger partial charge in [0.05, 0.1) is 6.10 Å². The first kappa shape index (κ1) is 16.7. The van der Waals surface area contributed by atoms with Gasteiger partial charge in [0.15, 0.2) is 0 Å². The zero-order valence-corrected chi connectivity index (χ0v) is 15.4. The molecule has 0 N–H and O–H groups in total. The fourth-order valence-electron chi connectivity index (χ4n) is 4.38. The monoisotopic (exact) mass is 329 g/mol. The van der Waals surface area contributed by atoms with E-state index >= 15 is 0 Å². The molecule has 0 saturated heterocycles. The number of methoxy groups -OCH3 is 1. The molecule has 1 aliphatic carbocycles. The Morgan fingerprint density at radius 1 is 1.30 bits per heavy atom. The second kappa shape index (κ2) is 6.74. The first-order valence-corrected chi connectivity index (χ1v) is 9.12. The van der Waals surface area contributed by atoms with Gasteiger partial charge in [-0.05, 0) is 37.1 Å². The summed E-state index contributed by atoms with van der Waals surface area (Å²) in [7, 11) is 1.86. The lowest BCUT2D eigenvalue weighted by Crippen LogP contribution is -2.24. The van der Waals surface area contributed by atoms with E-state index in [2.05, 4.69) is 55.8 Å². The SMILES string of the molecule is CCCC1CC(n2ccc3cc(C)ccc3c2=S)C(C)C1OC. The summed E-state index contributed by atoms with van der Waals surface area (Å²) in [6, 6.07) is 9.18. The Morgan fingerprint density at radius 3 is 2.78 bits per heavy atom. The Labute approximate surface area is 144 Å². The number of hydrogen-bond acceptors (Lipinski definition) is 2. The van der Waals surface area contributed by atoms with Gasteiger partial charge in [-0.15, -0.1) is 0 Å². The van der Waals surface area contributed by atoms with Gasteiger partial charge >= 0.3 is 0 Å². The summed E-state index contributed by atoms with van der Waals surface area (Å²) < 4.78 is 9.12. The summed E-state index contributed by atoms with van der Waals surface area (Å²) >= 11 is 5.83. The van der Waals surface area contributed by atoms with Crippen LogP contribution in [0.2, 0.25) is 0 Å². The third-order valence-corrected chi connectivity index (χ3v) is 5.94. The van der Waals surface area contributed by atoms with Crippen LogP contribution in [0.4, 0.5) is 0 Å². The van der Waals surface area contributed by atoms with Crippen LogP contribution in [0.1, 0.15) is 44.7 Å². The average Bonchev–Trinajstić information content (AvgIpc) is 2.83. The first-order chi connectivity index (χ1) is 11.1. The highest BCUT2D eigenvalue weighted by atomic mass is 32.1. The Bertz CT molecular complexity index is 751. The van der Waals surface area contributed by atoms with Crippen molar-refractivity contribution in [2.45, 2.75) is 52.2 Å². The minimum Gasteiger partial charge on any atom is -0.381 e. The van der Waals surface area contributed by atoms with Gasteiger partial charge in [-0.1, -0.05) is 56.2 Å². The van der Waals surface area contributed by atoms with Crippen molar-refractivity contribution < 1.29 is 4.74 Å². The second-order valence-corrected chi connectivity index (χ2v) is 7.42. The van der Waals surface area contributed by atoms with Gasteiger partial charge in [0, 0.05) is 30.7 Å². The van der Waals surface area contributed by atoms with Crippen LogP contribution in [0.5, 0.6) is 0 Å². The highest BCUT2D eigenvalue weighted by Gasteiger charge is 2.41. The fourth-order valence-corrected chi connectivity index (χ4v) is 4.76. The van der Waals surface area contributed by atoms with Crippen molar-refractivity contribution in [2.24, 2.45) is 11.8 Å². The van der Waals surface area contributed by atoms with Gasteiger partial charge < -0.3 is 9.30 Å². The number of pyridine rings is 1. The number of rotatable bonds is 4. The van der Waals surface area contributed by atoms with E-state index < -0.39 is 0 Å². The molecule has 0 radical (unpaired) electrons. The highest BCUT2D eigenvalue weighted by Crippen LogP contribution is 2.43. The van der Waals surface area contributed by atoms with Gasteiger partial charge in [0.2, 0.25) is 0 Å². The summed E-state index contributed by atoms with van der Waals surface area (Å²) in [5, 5.41) is 2.43. The van der Waals surface area contributed by atoms with Crippen molar-refractivity contribution in [3.8, 4) is 0 Å². The summed E-state index contributed by atoms with van der Waals surface area (Å²) in [5.41, 5.74) is 1.28. The smallest absolute Gasteiger partial charge is 0.114 e. The fraction of sp³-hybridized carbons (Fsp3) is 0.550. The quantitative estimate of drug-likeness (QED) is 0.669. The number of benzene rings is 1. The number of ether oxygens (including phenoxy) is 1. The average molecular weight is 330 g/mol. The van der Waals surface area contributed by atoms with Crippen LogP contribution < -0.4 is 0 Å². The molecule has 1 heterocycles. The van der Waals surface area contributed by atoms with Crippen LogP contribution in [-0.4, -0.2) is 17.8 Å². The van der Waals surface area contributed by atoms with E-state index in [0.29, 0.717) is 24.0 Å². The summed E-state index contributed by atoms with van der Waals surface area (Å²) in [6.07, 6.45) is 6.15. The first-order valence-electron chi connectivity index (χ1n) is 8.71. The molecule has 0 aliphatic heterocycles. The molecule has 3 rings (SSSR count). The topological polar surface area (TPSA) is 14.2 Å². The molecular formula is C20H27NOS. The molecule has 1 fully saturated rings. The second-order valence-electron chi connectivity index (χ2n) is 7.03. The van der Waals surface area contributed by atoms with Crippen molar-refractivity contribution >= 4 is 23.0 Å². The molecule has 1 saturated carbocycles. The van der Waals surface area contributed by atoms with Crippen molar-refractivity contribution in [3.63, 3.8) is 0 Å². The van der Waals surface area contributed by atoms with E-state index in [1.54, 1.807) is 0 Å². The molecule has 0 amide bonds. The molecule has 1 aromatic heterocycles. The van der Waals surface area contributed by atoms with E-state index in [-0.39, 0.29) is 0 Å². The van der Waals surface area contributed by atoms with Crippen LogP contribution >= 0.6 is 12.2 Å². The zero-order chi connectivity index (χ0) is 16.6. The molecule has 4 atom stereocenters. The number of hydrogen-bond donors (Lipinski definition) is 0. The maximum Gasteiger partial charge on any atom is 0.114 e. The van der Waals surface area contributed by atoms with Crippen molar-refractivity contribution in [3.05, 3.63) is 40.7 Å². The molecule has 2 aromatic rings. The third-order valence-electron chi connectivity index (χ3n) is 5.51. The highest BCUT2D eigenvalue weighted by molar-refractivity contribution is 7.71. The molecule has 3 heteroatoms. The Hall–Kier alpha value is -1.19. The van der Waals surface area contributed by atoms with Crippen molar-refractivity contribution in [1.82, 2.24) is 4.57 Å². The van der Waals surface area contributed by atoms with Crippen molar-refractivity contribution in [2.75, 3.05) is 7.11 Å². The summed E-state index contributed by atoms with van der Waals surface area (Å²) in [5.74, 6) is 1.13. The van der Waals surface area contributed by atoms with E-state index in [9.17, 15) is 0 Å². The van der Waals surface area contributed by atoms with Crippen LogP contribution in [0.3, 0.4) is 0 Å². The van der Waals surface area contributed by atoms with Gasteiger partial charge in [0.1, 0.15) is 4.64 Å². The number of nitrogens with zero attached hydrogens (tertiary/aromatic N) is 1. The largest absolute Gasteiger partial charge is 0.381 e. The van der Waals surface area contributed by atoms with E-state index in [1.165, 1.54) is 35.6 Å². The van der Waals surface area contributed by atoms with E-state index in [1.807, 2.05) is 7.11 Å². The third kappa shape index (κ3) is 2.97. The van der Waals surface area contributed by atoms with E-state index in [0.717, 1.165) is 4.64 Å².